The lowest BCUT2D eigenvalue weighted by atomic mass is 10.2. The number of sulfone groups is 1. The van der Waals surface area contributed by atoms with E-state index in [4.69, 9.17) is 4.74 Å². The van der Waals surface area contributed by atoms with Crippen LogP contribution in [0.25, 0.3) is 0 Å². The molecule has 1 aliphatic rings. The molecule has 0 saturated carbocycles. The highest BCUT2D eigenvalue weighted by atomic mass is 32.2. The lowest BCUT2D eigenvalue weighted by molar-refractivity contribution is 0.194. The fraction of sp³-hybridized carbons (Fsp3) is 0.600. The van der Waals surface area contributed by atoms with E-state index in [0.717, 1.165) is 5.56 Å². The maximum absolute atomic E-state index is 12.2. The van der Waals surface area contributed by atoms with Gasteiger partial charge in [-0.05, 0) is 26.3 Å². The molecule has 1 saturated heterocycles. The van der Waals surface area contributed by atoms with Crippen LogP contribution in [0.2, 0.25) is 0 Å². The Kier molecular flexibility index (Phi) is 5.46. The number of carbonyl (C=O) groups excluding carboxylic acids is 1. The van der Waals surface area contributed by atoms with E-state index in [2.05, 4.69) is 10.3 Å². The molecular formula is C15H23N3O4S. The second kappa shape index (κ2) is 7.16. The third-order valence-electron chi connectivity index (χ3n) is 3.70. The molecule has 1 fully saturated rings. The number of nitrogens with one attached hydrogen (secondary N) is 1. The van der Waals surface area contributed by atoms with Crippen LogP contribution < -0.4 is 10.1 Å². The summed E-state index contributed by atoms with van der Waals surface area (Å²) in [7, 11) is -1.39. The number of urea groups is 1. The van der Waals surface area contributed by atoms with Crippen molar-refractivity contribution in [2.45, 2.75) is 39.0 Å². The van der Waals surface area contributed by atoms with E-state index < -0.39 is 9.84 Å². The van der Waals surface area contributed by atoms with Gasteiger partial charge in [-0.15, -0.1) is 0 Å². The van der Waals surface area contributed by atoms with Crippen LogP contribution in [0.5, 0.6) is 5.88 Å². The van der Waals surface area contributed by atoms with Crippen molar-refractivity contribution < 1.29 is 17.9 Å². The first-order valence-electron chi connectivity index (χ1n) is 7.60. The Morgan fingerprint density at radius 1 is 1.52 bits per heavy atom. The molecule has 0 spiro atoms. The number of rotatable bonds is 5. The molecule has 1 aliphatic heterocycles. The summed E-state index contributed by atoms with van der Waals surface area (Å²) in [6.45, 7) is 4.09. The number of amides is 2. The molecule has 0 radical (unpaired) electrons. The van der Waals surface area contributed by atoms with Crippen LogP contribution >= 0.6 is 0 Å². The van der Waals surface area contributed by atoms with Gasteiger partial charge in [0.2, 0.25) is 5.88 Å². The lowest BCUT2D eigenvalue weighted by Gasteiger charge is -2.24. The van der Waals surface area contributed by atoms with E-state index in [1.165, 1.54) is 4.90 Å². The quantitative estimate of drug-likeness (QED) is 0.869. The summed E-state index contributed by atoms with van der Waals surface area (Å²) in [5.74, 6) is 0.671. The van der Waals surface area contributed by atoms with Crippen molar-refractivity contribution in [3.05, 3.63) is 23.9 Å². The smallest absolute Gasteiger partial charge is 0.317 e. The monoisotopic (exact) mass is 341 g/mol. The Hall–Kier alpha value is -1.83. The van der Waals surface area contributed by atoms with Crippen molar-refractivity contribution in [2.75, 3.05) is 18.6 Å². The van der Waals surface area contributed by atoms with E-state index in [-0.39, 0.29) is 36.2 Å². The Morgan fingerprint density at radius 2 is 2.26 bits per heavy atom. The first kappa shape index (κ1) is 17.5. The second-order valence-corrected chi connectivity index (χ2v) is 8.19. The van der Waals surface area contributed by atoms with Crippen molar-refractivity contribution >= 4 is 15.9 Å². The topological polar surface area (TPSA) is 88.6 Å². The third-order valence-corrected chi connectivity index (χ3v) is 5.45. The minimum atomic E-state index is -3.01. The van der Waals surface area contributed by atoms with Crippen molar-refractivity contribution in [2.24, 2.45) is 0 Å². The highest BCUT2D eigenvalue weighted by Gasteiger charge is 2.32. The van der Waals surface area contributed by atoms with Crippen molar-refractivity contribution in [1.29, 1.82) is 0 Å². The molecule has 0 aromatic carbocycles. The molecule has 1 aromatic heterocycles. The molecule has 1 atom stereocenters. The van der Waals surface area contributed by atoms with Gasteiger partial charge in [0.15, 0.2) is 9.84 Å². The molecule has 1 aromatic rings. The van der Waals surface area contributed by atoms with E-state index in [1.54, 1.807) is 19.3 Å². The first-order chi connectivity index (χ1) is 10.8. The number of hydrogen-bond donors (Lipinski definition) is 1. The maximum Gasteiger partial charge on any atom is 0.317 e. The molecule has 1 N–H and O–H groups in total. The molecule has 23 heavy (non-hydrogen) atoms. The average molecular weight is 341 g/mol. The predicted octanol–water partition coefficient (Wildman–Crippen LogP) is 1.20. The normalized spacial score (nSPS) is 19.6. The van der Waals surface area contributed by atoms with Gasteiger partial charge in [0.05, 0.1) is 17.6 Å². The Balaban J connectivity index is 1.94. The standard InChI is InChI=1S/C15H23N3O4S/c1-11(2)22-14-12(5-4-7-16-14)9-17-15(19)18(3)13-6-8-23(20,21)10-13/h4-5,7,11,13H,6,8-10H2,1-3H3,(H,17,19). The Labute approximate surface area is 137 Å². The number of aromatic nitrogens is 1. The molecule has 7 nitrogen and oxygen atoms in total. The first-order valence-corrected chi connectivity index (χ1v) is 9.42. The van der Waals surface area contributed by atoms with Crippen LogP contribution in [-0.4, -0.2) is 55.0 Å². The second-order valence-electron chi connectivity index (χ2n) is 5.96. The minimum Gasteiger partial charge on any atom is -0.475 e. The Morgan fingerprint density at radius 3 is 2.87 bits per heavy atom. The Bertz CT molecular complexity index is 660. The van der Waals surface area contributed by atoms with Gasteiger partial charge >= 0.3 is 6.03 Å². The van der Waals surface area contributed by atoms with E-state index in [1.807, 2.05) is 19.9 Å². The molecule has 8 heteroatoms. The van der Waals surface area contributed by atoms with Gasteiger partial charge in [0.1, 0.15) is 0 Å². The summed E-state index contributed by atoms with van der Waals surface area (Å²) >= 11 is 0. The fourth-order valence-corrected chi connectivity index (χ4v) is 4.20. The van der Waals surface area contributed by atoms with Gasteiger partial charge in [-0.3, -0.25) is 0 Å². The number of carbonyl (C=O) groups is 1. The third kappa shape index (κ3) is 4.82. The molecule has 2 amide bonds. The average Bonchev–Trinajstić information content (AvgIpc) is 2.85. The molecule has 1 unspecified atom stereocenters. The molecule has 128 valence electrons. The van der Waals surface area contributed by atoms with Crippen LogP contribution in [0, 0.1) is 0 Å². The molecule has 2 rings (SSSR count). The fourth-order valence-electron chi connectivity index (χ4n) is 2.43. The van der Waals surface area contributed by atoms with Gasteiger partial charge in [0, 0.05) is 31.4 Å². The maximum atomic E-state index is 12.2. The minimum absolute atomic E-state index is 0.00859. The largest absolute Gasteiger partial charge is 0.475 e. The molecule has 0 aliphatic carbocycles. The summed E-state index contributed by atoms with van der Waals surface area (Å²) in [5, 5.41) is 2.79. The van der Waals surface area contributed by atoms with Crippen molar-refractivity contribution in [3.63, 3.8) is 0 Å². The van der Waals surface area contributed by atoms with Crippen LogP contribution in [0.3, 0.4) is 0 Å². The highest BCUT2D eigenvalue weighted by Crippen LogP contribution is 2.18. The van der Waals surface area contributed by atoms with Gasteiger partial charge in [-0.1, -0.05) is 6.07 Å². The van der Waals surface area contributed by atoms with E-state index in [9.17, 15) is 13.2 Å². The van der Waals surface area contributed by atoms with Gasteiger partial charge in [0.25, 0.3) is 0 Å². The number of hydrogen-bond acceptors (Lipinski definition) is 5. The number of pyridine rings is 1. The zero-order chi connectivity index (χ0) is 17.0. The number of nitrogens with zero attached hydrogens (tertiary/aromatic N) is 2. The molecule has 0 bridgehead atoms. The summed E-state index contributed by atoms with van der Waals surface area (Å²) < 4.78 is 28.6. The van der Waals surface area contributed by atoms with Crippen molar-refractivity contribution in [3.8, 4) is 5.88 Å². The SMILES string of the molecule is CC(C)Oc1ncccc1CNC(=O)N(C)C1CCS(=O)(=O)C1. The van der Waals surface area contributed by atoms with Crippen LogP contribution in [0.4, 0.5) is 4.79 Å². The summed E-state index contributed by atoms with van der Waals surface area (Å²) in [6, 6.07) is 3.05. The zero-order valence-corrected chi connectivity index (χ0v) is 14.5. The van der Waals surface area contributed by atoms with Crippen LogP contribution in [0.15, 0.2) is 18.3 Å². The van der Waals surface area contributed by atoms with E-state index >= 15 is 0 Å². The molecule has 2 heterocycles. The van der Waals surface area contributed by atoms with Gasteiger partial charge in [-0.2, -0.15) is 0 Å². The van der Waals surface area contributed by atoms with E-state index in [0.29, 0.717) is 12.3 Å². The number of ether oxygens (including phenoxy) is 1. The van der Waals surface area contributed by atoms with Crippen molar-refractivity contribution in [1.82, 2.24) is 15.2 Å². The van der Waals surface area contributed by atoms with Crippen LogP contribution in [-0.2, 0) is 16.4 Å². The predicted molar refractivity (Wildman–Crippen MR) is 87.1 cm³/mol. The molecular weight excluding hydrogens is 318 g/mol. The highest BCUT2D eigenvalue weighted by molar-refractivity contribution is 7.91. The lowest BCUT2D eigenvalue weighted by Crippen LogP contribution is -2.43. The summed E-state index contributed by atoms with van der Waals surface area (Å²) in [6.07, 6.45) is 2.12. The van der Waals surface area contributed by atoms with Crippen LogP contribution in [0.1, 0.15) is 25.8 Å². The summed E-state index contributed by atoms with van der Waals surface area (Å²) in [4.78, 5) is 17.8. The summed E-state index contributed by atoms with van der Waals surface area (Å²) in [5.41, 5.74) is 0.780. The van der Waals surface area contributed by atoms with Gasteiger partial charge in [-0.25, -0.2) is 18.2 Å². The zero-order valence-electron chi connectivity index (χ0n) is 13.7. The van der Waals surface area contributed by atoms with Gasteiger partial charge < -0.3 is 15.0 Å².